The van der Waals surface area contributed by atoms with Crippen molar-refractivity contribution in [1.29, 1.82) is 0 Å². The van der Waals surface area contributed by atoms with Gasteiger partial charge in [0.1, 0.15) is 0 Å². The lowest BCUT2D eigenvalue weighted by atomic mass is 10.1. The van der Waals surface area contributed by atoms with E-state index in [0.717, 1.165) is 13.1 Å². The highest BCUT2D eigenvalue weighted by atomic mass is 19.4. The van der Waals surface area contributed by atoms with E-state index in [2.05, 4.69) is 20.4 Å². The van der Waals surface area contributed by atoms with Crippen LogP contribution in [0.25, 0.3) is 0 Å². The molecule has 1 aliphatic heterocycles. The van der Waals surface area contributed by atoms with Gasteiger partial charge in [-0.3, -0.25) is 4.99 Å². The van der Waals surface area contributed by atoms with Crippen LogP contribution in [0.2, 0.25) is 0 Å². The van der Waals surface area contributed by atoms with Gasteiger partial charge in [-0.1, -0.05) is 5.16 Å². The van der Waals surface area contributed by atoms with E-state index in [-0.39, 0.29) is 5.92 Å². The normalized spacial score (nSPS) is 18.2. The minimum absolute atomic E-state index is 0.233. The standard InChI is InChI=1S/C7H10N4O.C2HF3O2/c1-5-10-7(12-11-5)6-2-8-4-9-3-6;3-2(4,5)1(6)7/h4,6H,2-3H2,1H3,(H,8,9);(H,6,7). The number of carboxylic acids is 1. The van der Waals surface area contributed by atoms with Crippen molar-refractivity contribution in [2.45, 2.75) is 19.0 Å². The maximum atomic E-state index is 10.6. The molecule has 0 aromatic carbocycles. The summed E-state index contributed by atoms with van der Waals surface area (Å²) in [7, 11) is 0. The molecular formula is C9H11F3N4O3. The fourth-order valence-corrected chi connectivity index (χ4v) is 1.15. The number of nitrogens with zero attached hydrogens (tertiary/aromatic N) is 3. The van der Waals surface area contributed by atoms with E-state index in [1.807, 2.05) is 6.92 Å². The minimum Gasteiger partial charge on any atom is -0.475 e. The number of carbonyl (C=O) groups is 1. The van der Waals surface area contributed by atoms with E-state index < -0.39 is 12.1 Å². The van der Waals surface area contributed by atoms with Crippen LogP contribution >= 0.6 is 0 Å². The lowest BCUT2D eigenvalue weighted by Crippen LogP contribution is -2.27. The van der Waals surface area contributed by atoms with Crippen LogP contribution in [0.4, 0.5) is 13.2 Å². The minimum atomic E-state index is -5.08. The van der Waals surface area contributed by atoms with Crippen molar-refractivity contribution >= 4 is 12.3 Å². The second kappa shape index (κ2) is 6.16. The Kier molecular flexibility index (Phi) is 4.84. The second-order valence-corrected chi connectivity index (χ2v) is 3.58. The Bertz CT molecular complexity index is 458. The third kappa shape index (κ3) is 4.94. The number of nitrogens with one attached hydrogen (secondary N) is 1. The number of aliphatic carboxylic acids is 1. The molecule has 1 aromatic rings. The maximum Gasteiger partial charge on any atom is 0.490 e. The van der Waals surface area contributed by atoms with Crippen molar-refractivity contribution in [3.8, 4) is 0 Å². The highest BCUT2D eigenvalue weighted by molar-refractivity contribution is 5.73. The highest BCUT2D eigenvalue weighted by Gasteiger charge is 2.38. The third-order valence-corrected chi connectivity index (χ3v) is 2.01. The first-order chi connectivity index (χ1) is 8.80. The number of hydrogen-bond acceptors (Lipinski definition) is 6. The second-order valence-electron chi connectivity index (χ2n) is 3.58. The van der Waals surface area contributed by atoms with Crippen molar-refractivity contribution in [3.05, 3.63) is 11.7 Å². The zero-order valence-corrected chi connectivity index (χ0v) is 9.81. The van der Waals surface area contributed by atoms with Crippen molar-refractivity contribution in [2.24, 2.45) is 4.99 Å². The fourth-order valence-electron chi connectivity index (χ4n) is 1.15. The lowest BCUT2D eigenvalue weighted by Gasteiger charge is -2.13. The molecule has 0 radical (unpaired) electrons. The number of halogens is 3. The molecule has 1 atom stereocenters. The van der Waals surface area contributed by atoms with Gasteiger partial charge in [-0.15, -0.1) is 0 Å². The van der Waals surface area contributed by atoms with E-state index in [1.165, 1.54) is 0 Å². The lowest BCUT2D eigenvalue weighted by molar-refractivity contribution is -0.192. The van der Waals surface area contributed by atoms with Crippen LogP contribution in [0, 0.1) is 6.92 Å². The summed E-state index contributed by atoms with van der Waals surface area (Å²) >= 11 is 0. The first kappa shape index (κ1) is 14.9. The Morgan fingerprint density at radius 3 is 2.58 bits per heavy atom. The van der Waals surface area contributed by atoms with Crippen LogP contribution in [0.15, 0.2) is 9.52 Å². The van der Waals surface area contributed by atoms with E-state index in [9.17, 15) is 13.2 Å². The predicted molar refractivity (Wildman–Crippen MR) is 56.8 cm³/mol. The molecular weight excluding hydrogens is 269 g/mol. The maximum absolute atomic E-state index is 10.6. The van der Waals surface area contributed by atoms with Crippen LogP contribution in [-0.2, 0) is 4.79 Å². The molecule has 1 aromatic heterocycles. The predicted octanol–water partition coefficient (Wildman–Crippen LogP) is 0.726. The molecule has 7 nitrogen and oxygen atoms in total. The number of rotatable bonds is 1. The van der Waals surface area contributed by atoms with Gasteiger partial charge in [0, 0.05) is 6.54 Å². The SMILES string of the molecule is Cc1noc(C2CN=CNC2)n1.O=C(O)C(F)(F)F. The van der Waals surface area contributed by atoms with Gasteiger partial charge < -0.3 is 14.9 Å². The van der Waals surface area contributed by atoms with Crippen LogP contribution in [0.3, 0.4) is 0 Å². The van der Waals surface area contributed by atoms with Gasteiger partial charge in [-0.05, 0) is 6.92 Å². The molecule has 2 heterocycles. The average molecular weight is 280 g/mol. The zero-order chi connectivity index (χ0) is 14.5. The Balaban J connectivity index is 0.000000224. The highest BCUT2D eigenvalue weighted by Crippen LogP contribution is 2.14. The van der Waals surface area contributed by atoms with Crippen molar-refractivity contribution in [3.63, 3.8) is 0 Å². The number of aryl methyl sites for hydroxylation is 1. The number of aliphatic imine (C=N–C) groups is 1. The summed E-state index contributed by atoms with van der Waals surface area (Å²) in [4.78, 5) is 17.1. The summed E-state index contributed by atoms with van der Waals surface area (Å²) in [5.74, 6) is -1.17. The Labute approximate surface area is 105 Å². The topological polar surface area (TPSA) is 101 Å². The summed E-state index contributed by atoms with van der Waals surface area (Å²) in [6.07, 6.45) is -3.38. The summed E-state index contributed by atoms with van der Waals surface area (Å²) in [5.41, 5.74) is 0. The number of aromatic nitrogens is 2. The Hall–Kier alpha value is -2.13. The van der Waals surface area contributed by atoms with Crippen LogP contribution in [0.5, 0.6) is 0 Å². The fraction of sp³-hybridized carbons (Fsp3) is 0.556. The van der Waals surface area contributed by atoms with Gasteiger partial charge in [0.15, 0.2) is 5.82 Å². The van der Waals surface area contributed by atoms with E-state index in [0.29, 0.717) is 11.7 Å². The molecule has 1 aliphatic rings. The molecule has 0 fully saturated rings. The van der Waals surface area contributed by atoms with E-state index in [1.54, 1.807) is 6.34 Å². The van der Waals surface area contributed by atoms with Crippen molar-refractivity contribution < 1.29 is 27.6 Å². The first-order valence-electron chi connectivity index (χ1n) is 5.12. The van der Waals surface area contributed by atoms with Gasteiger partial charge >= 0.3 is 12.1 Å². The Morgan fingerprint density at radius 1 is 1.58 bits per heavy atom. The van der Waals surface area contributed by atoms with Gasteiger partial charge in [0.2, 0.25) is 5.89 Å². The summed E-state index contributed by atoms with van der Waals surface area (Å²) in [6, 6.07) is 0. The zero-order valence-electron chi connectivity index (χ0n) is 9.81. The van der Waals surface area contributed by atoms with Crippen molar-refractivity contribution in [1.82, 2.24) is 15.5 Å². The molecule has 2 N–H and O–H groups in total. The summed E-state index contributed by atoms with van der Waals surface area (Å²) in [6.45, 7) is 3.37. The number of hydrogen-bond donors (Lipinski definition) is 2. The van der Waals surface area contributed by atoms with E-state index >= 15 is 0 Å². The molecule has 0 saturated carbocycles. The molecule has 106 valence electrons. The van der Waals surface area contributed by atoms with E-state index in [4.69, 9.17) is 14.4 Å². The molecule has 1 unspecified atom stereocenters. The molecule has 0 aliphatic carbocycles. The van der Waals surface area contributed by atoms with Crippen LogP contribution in [0.1, 0.15) is 17.6 Å². The molecule has 19 heavy (non-hydrogen) atoms. The molecule has 10 heteroatoms. The first-order valence-corrected chi connectivity index (χ1v) is 5.12. The third-order valence-electron chi connectivity index (χ3n) is 2.01. The molecule has 2 rings (SSSR count). The van der Waals surface area contributed by atoms with Crippen LogP contribution < -0.4 is 5.32 Å². The molecule has 0 spiro atoms. The summed E-state index contributed by atoms with van der Waals surface area (Å²) in [5, 5.41) is 13.9. The van der Waals surface area contributed by atoms with Crippen LogP contribution in [-0.4, -0.2) is 46.8 Å². The Morgan fingerprint density at radius 2 is 2.21 bits per heavy atom. The van der Waals surface area contributed by atoms with Crippen molar-refractivity contribution in [2.75, 3.05) is 13.1 Å². The molecule has 0 bridgehead atoms. The summed E-state index contributed by atoms with van der Waals surface area (Å²) < 4.78 is 36.8. The van der Waals surface area contributed by atoms with Gasteiger partial charge in [0.05, 0.1) is 18.8 Å². The largest absolute Gasteiger partial charge is 0.490 e. The molecule has 0 amide bonds. The number of alkyl halides is 3. The van der Waals surface area contributed by atoms with Gasteiger partial charge in [0.25, 0.3) is 0 Å². The average Bonchev–Trinajstić information content (AvgIpc) is 2.77. The quantitative estimate of drug-likeness (QED) is 0.786. The monoisotopic (exact) mass is 280 g/mol. The molecule has 0 saturated heterocycles. The van der Waals surface area contributed by atoms with Gasteiger partial charge in [-0.2, -0.15) is 18.2 Å². The van der Waals surface area contributed by atoms with Gasteiger partial charge in [-0.25, -0.2) is 4.79 Å². The number of carboxylic acid groups (broad SMARTS) is 1. The smallest absolute Gasteiger partial charge is 0.475 e.